The molecule has 0 radical (unpaired) electrons. The summed E-state index contributed by atoms with van der Waals surface area (Å²) in [6.07, 6.45) is 2.16. The second-order valence-electron chi connectivity index (χ2n) is 4.41. The van der Waals surface area contributed by atoms with E-state index >= 15 is 0 Å². The predicted molar refractivity (Wildman–Crippen MR) is 62.5 cm³/mol. The molecule has 0 amide bonds. The molecule has 1 unspecified atom stereocenters. The van der Waals surface area contributed by atoms with Crippen LogP contribution in [0.4, 0.5) is 0 Å². The summed E-state index contributed by atoms with van der Waals surface area (Å²) in [6.45, 7) is 6.50. The second kappa shape index (κ2) is 5.16. The molecule has 1 aromatic rings. The Morgan fingerprint density at radius 3 is 2.07 bits per heavy atom. The fourth-order valence-corrected chi connectivity index (χ4v) is 1.46. The predicted octanol–water partition coefficient (Wildman–Crippen LogP) is 3.09. The van der Waals surface area contributed by atoms with E-state index in [9.17, 15) is 0 Å². The van der Waals surface area contributed by atoms with E-state index < -0.39 is 0 Å². The van der Waals surface area contributed by atoms with Crippen LogP contribution in [-0.4, -0.2) is 6.04 Å². The van der Waals surface area contributed by atoms with E-state index in [0.717, 1.165) is 12.8 Å². The Balaban J connectivity index is 2.55. The smallest absolute Gasteiger partial charge is 0.00136 e. The maximum atomic E-state index is 5.72. The molecule has 0 aliphatic heterocycles. The van der Waals surface area contributed by atoms with E-state index in [1.807, 2.05) is 0 Å². The molecule has 0 saturated carbocycles. The van der Waals surface area contributed by atoms with Crippen molar-refractivity contribution in [2.24, 2.45) is 5.73 Å². The first-order chi connectivity index (χ1) is 6.59. The molecule has 0 bridgehead atoms. The summed E-state index contributed by atoms with van der Waals surface area (Å²) >= 11 is 0. The molecule has 1 rings (SSSR count). The molecule has 0 aromatic heterocycles. The van der Waals surface area contributed by atoms with Gasteiger partial charge in [-0.25, -0.2) is 0 Å². The topological polar surface area (TPSA) is 26.0 Å². The first-order valence-corrected chi connectivity index (χ1v) is 5.44. The van der Waals surface area contributed by atoms with Crippen molar-refractivity contribution in [2.45, 2.75) is 45.6 Å². The lowest BCUT2D eigenvalue weighted by molar-refractivity contribution is 0.666. The Morgan fingerprint density at radius 1 is 1.07 bits per heavy atom. The van der Waals surface area contributed by atoms with Crippen LogP contribution in [0, 0.1) is 0 Å². The molecule has 78 valence electrons. The van der Waals surface area contributed by atoms with Crippen molar-refractivity contribution in [3.8, 4) is 0 Å². The standard InChI is InChI=1S/C13H21N/c1-10(2)13-8-6-12(7-9-13)5-4-11(3)14/h6-11H,4-5,14H2,1-3H3. The molecule has 0 aliphatic rings. The van der Waals surface area contributed by atoms with Crippen LogP contribution < -0.4 is 5.73 Å². The quantitative estimate of drug-likeness (QED) is 0.777. The lowest BCUT2D eigenvalue weighted by atomic mass is 9.99. The minimum atomic E-state index is 0.305. The Labute approximate surface area is 87.3 Å². The van der Waals surface area contributed by atoms with Gasteiger partial charge in [0.2, 0.25) is 0 Å². The number of rotatable bonds is 4. The molecule has 0 aliphatic carbocycles. The highest BCUT2D eigenvalue weighted by atomic mass is 14.6. The largest absolute Gasteiger partial charge is 0.328 e. The second-order valence-corrected chi connectivity index (χ2v) is 4.41. The maximum Gasteiger partial charge on any atom is 0.00136 e. The van der Waals surface area contributed by atoms with Crippen LogP contribution in [0.15, 0.2) is 24.3 Å². The van der Waals surface area contributed by atoms with Gasteiger partial charge in [-0.3, -0.25) is 0 Å². The van der Waals surface area contributed by atoms with Crippen molar-refractivity contribution in [3.63, 3.8) is 0 Å². The molecule has 0 fully saturated rings. The van der Waals surface area contributed by atoms with Gasteiger partial charge in [0, 0.05) is 6.04 Å². The van der Waals surface area contributed by atoms with Gasteiger partial charge in [-0.15, -0.1) is 0 Å². The van der Waals surface area contributed by atoms with Gasteiger partial charge in [0.05, 0.1) is 0 Å². The fraction of sp³-hybridized carbons (Fsp3) is 0.538. The number of benzene rings is 1. The van der Waals surface area contributed by atoms with Gasteiger partial charge in [-0.2, -0.15) is 0 Å². The van der Waals surface area contributed by atoms with Gasteiger partial charge >= 0.3 is 0 Å². The minimum absolute atomic E-state index is 0.305. The Kier molecular flexibility index (Phi) is 4.15. The van der Waals surface area contributed by atoms with E-state index in [0.29, 0.717) is 12.0 Å². The number of nitrogens with two attached hydrogens (primary N) is 1. The normalized spacial score (nSPS) is 13.2. The first kappa shape index (κ1) is 11.3. The van der Waals surface area contributed by atoms with Gasteiger partial charge < -0.3 is 5.73 Å². The molecule has 1 heteroatoms. The molecule has 0 heterocycles. The van der Waals surface area contributed by atoms with Crippen molar-refractivity contribution in [3.05, 3.63) is 35.4 Å². The van der Waals surface area contributed by atoms with Gasteiger partial charge in [0.15, 0.2) is 0 Å². The fourth-order valence-electron chi connectivity index (χ4n) is 1.46. The molecule has 1 nitrogen and oxygen atoms in total. The summed E-state index contributed by atoms with van der Waals surface area (Å²) in [4.78, 5) is 0. The summed E-state index contributed by atoms with van der Waals surface area (Å²) in [7, 11) is 0. The minimum Gasteiger partial charge on any atom is -0.328 e. The number of hydrogen-bond acceptors (Lipinski definition) is 1. The molecular weight excluding hydrogens is 170 g/mol. The monoisotopic (exact) mass is 191 g/mol. The summed E-state index contributed by atoms with van der Waals surface area (Å²) in [5.41, 5.74) is 8.53. The average molecular weight is 191 g/mol. The van der Waals surface area contributed by atoms with Crippen LogP contribution in [0.3, 0.4) is 0 Å². The molecular formula is C13H21N. The summed E-state index contributed by atoms with van der Waals surface area (Å²) in [6, 6.07) is 9.19. The van der Waals surface area contributed by atoms with E-state index in [-0.39, 0.29) is 0 Å². The van der Waals surface area contributed by atoms with Crippen LogP contribution >= 0.6 is 0 Å². The SMILES string of the molecule is CC(N)CCc1ccc(C(C)C)cc1. The van der Waals surface area contributed by atoms with Crippen LogP contribution in [0.2, 0.25) is 0 Å². The Bertz CT molecular complexity index is 259. The number of aryl methyl sites for hydroxylation is 1. The summed E-state index contributed by atoms with van der Waals surface area (Å²) in [5, 5.41) is 0. The van der Waals surface area contributed by atoms with Crippen molar-refractivity contribution < 1.29 is 0 Å². The number of hydrogen-bond donors (Lipinski definition) is 1. The van der Waals surface area contributed by atoms with Crippen molar-refractivity contribution >= 4 is 0 Å². The van der Waals surface area contributed by atoms with E-state index in [1.165, 1.54) is 11.1 Å². The van der Waals surface area contributed by atoms with Gasteiger partial charge in [-0.1, -0.05) is 38.1 Å². The molecule has 0 saturated heterocycles. The zero-order valence-electron chi connectivity index (χ0n) is 9.46. The highest BCUT2D eigenvalue weighted by Crippen LogP contribution is 2.15. The van der Waals surface area contributed by atoms with E-state index in [2.05, 4.69) is 45.0 Å². The molecule has 1 aromatic carbocycles. The zero-order chi connectivity index (χ0) is 10.6. The van der Waals surface area contributed by atoms with E-state index in [1.54, 1.807) is 0 Å². The average Bonchev–Trinajstić information content (AvgIpc) is 2.15. The van der Waals surface area contributed by atoms with Crippen LogP contribution in [0.5, 0.6) is 0 Å². The lowest BCUT2D eigenvalue weighted by Gasteiger charge is -2.08. The van der Waals surface area contributed by atoms with Crippen LogP contribution in [0.1, 0.15) is 44.2 Å². The first-order valence-electron chi connectivity index (χ1n) is 5.44. The third-order valence-corrected chi connectivity index (χ3v) is 2.53. The highest BCUT2D eigenvalue weighted by Gasteiger charge is 2.00. The van der Waals surface area contributed by atoms with Gasteiger partial charge in [-0.05, 0) is 36.8 Å². The van der Waals surface area contributed by atoms with Gasteiger partial charge in [0.25, 0.3) is 0 Å². The highest BCUT2D eigenvalue weighted by molar-refractivity contribution is 5.24. The molecule has 1 atom stereocenters. The molecule has 14 heavy (non-hydrogen) atoms. The summed E-state index contributed by atoms with van der Waals surface area (Å²) < 4.78 is 0. The van der Waals surface area contributed by atoms with Crippen molar-refractivity contribution in [2.75, 3.05) is 0 Å². The van der Waals surface area contributed by atoms with Crippen LogP contribution in [-0.2, 0) is 6.42 Å². The Hall–Kier alpha value is -0.820. The Morgan fingerprint density at radius 2 is 1.64 bits per heavy atom. The van der Waals surface area contributed by atoms with Crippen molar-refractivity contribution in [1.29, 1.82) is 0 Å². The third kappa shape index (κ3) is 3.51. The lowest BCUT2D eigenvalue weighted by Crippen LogP contribution is -2.15. The molecule has 2 N–H and O–H groups in total. The van der Waals surface area contributed by atoms with Gasteiger partial charge in [0.1, 0.15) is 0 Å². The summed E-state index contributed by atoms with van der Waals surface area (Å²) in [5.74, 6) is 0.623. The third-order valence-electron chi connectivity index (χ3n) is 2.53. The zero-order valence-corrected chi connectivity index (χ0v) is 9.46. The van der Waals surface area contributed by atoms with Crippen LogP contribution in [0.25, 0.3) is 0 Å². The molecule has 0 spiro atoms. The maximum absolute atomic E-state index is 5.72. The van der Waals surface area contributed by atoms with Crippen molar-refractivity contribution in [1.82, 2.24) is 0 Å². The van der Waals surface area contributed by atoms with E-state index in [4.69, 9.17) is 5.73 Å².